The first-order valence-electron chi connectivity index (χ1n) is 8.23. The number of anilines is 1. The highest BCUT2D eigenvalue weighted by molar-refractivity contribution is 5.99. The van der Waals surface area contributed by atoms with Gasteiger partial charge >= 0.3 is 0 Å². The van der Waals surface area contributed by atoms with E-state index < -0.39 is 17.6 Å². The van der Waals surface area contributed by atoms with Crippen molar-refractivity contribution in [1.29, 1.82) is 0 Å². The van der Waals surface area contributed by atoms with Crippen molar-refractivity contribution >= 4 is 17.5 Å². The molecule has 6 nitrogen and oxygen atoms in total. The summed E-state index contributed by atoms with van der Waals surface area (Å²) in [6.45, 7) is -0.332. The second kappa shape index (κ2) is 8.72. The lowest BCUT2D eigenvalue weighted by Gasteiger charge is -2.08. The predicted molar refractivity (Wildman–Crippen MR) is 98.1 cm³/mol. The first kappa shape index (κ1) is 19.0. The molecule has 0 fully saturated rings. The smallest absolute Gasteiger partial charge is 0.254 e. The Hall–Kier alpha value is -3.81. The van der Waals surface area contributed by atoms with Gasteiger partial charge in [-0.3, -0.25) is 9.59 Å². The van der Waals surface area contributed by atoms with E-state index in [4.69, 9.17) is 4.74 Å². The number of pyridine rings is 1. The number of halogens is 2. The molecule has 8 heteroatoms. The van der Waals surface area contributed by atoms with Crippen LogP contribution >= 0.6 is 0 Å². The molecule has 0 spiro atoms. The van der Waals surface area contributed by atoms with Gasteiger partial charge in [0.05, 0.1) is 24.0 Å². The number of nitrogens with one attached hydrogen (secondary N) is 2. The molecular weight excluding hydrogens is 368 g/mol. The van der Waals surface area contributed by atoms with Crippen molar-refractivity contribution in [3.8, 4) is 11.6 Å². The van der Waals surface area contributed by atoms with Crippen LogP contribution in [0.15, 0.2) is 66.9 Å². The van der Waals surface area contributed by atoms with Gasteiger partial charge in [0.2, 0.25) is 11.8 Å². The zero-order valence-corrected chi connectivity index (χ0v) is 14.5. The molecule has 0 aliphatic heterocycles. The minimum absolute atomic E-state index is 0.140. The number of carbonyl (C=O) groups is 2. The van der Waals surface area contributed by atoms with Gasteiger partial charge in [-0.15, -0.1) is 0 Å². The van der Waals surface area contributed by atoms with Gasteiger partial charge in [0.1, 0.15) is 17.4 Å². The van der Waals surface area contributed by atoms with Crippen LogP contribution in [0.25, 0.3) is 0 Å². The number of aromatic nitrogens is 1. The third kappa shape index (κ3) is 5.10. The molecule has 0 aliphatic rings. The maximum atomic E-state index is 13.5. The third-order valence-electron chi connectivity index (χ3n) is 3.58. The van der Waals surface area contributed by atoms with E-state index in [1.807, 2.05) is 0 Å². The lowest BCUT2D eigenvalue weighted by molar-refractivity contribution is -0.115. The van der Waals surface area contributed by atoms with Crippen LogP contribution < -0.4 is 15.4 Å². The fourth-order valence-electron chi connectivity index (χ4n) is 2.24. The fraction of sp³-hybridized carbons (Fsp3) is 0.0500. The maximum absolute atomic E-state index is 13.5. The summed E-state index contributed by atoms with van der Waals surface area (Å²) in [5, 5.41) is 4.89. The van der Waals surface area contributed by atoms with E-state index in [1.54, 1.807) is 6.07 Å². The zero-order chi connectivity index (χ0) is 19.9. The summed E-state index contributed by atoms with van der Waals surface area (Å²) >= 11 is 0. The maximum Gasteiger partial charge on any atom is 0.254 e. The quantitative estimate of drug-likeness (QED) is 0.683. The van der Waals surface area contributed by atoms with Crippen LogP contribution in [0, 0.1) is 11.6 Å². The Bertz CT molecular complexity index is 977. The number of carbonyl (C=O) groups excluding carboxylic acids is 2. The normalized spacial score (nSPS) is 10.2. The first-order chi connectivity index (χ1) is 13.5. The van der Waals surface area contributed by atoms with Crippen LogP contribution in [-0.2, 0) is 4.79 Å². The molecule has 0 unspecified atom stereocenters. The highest BCUT2D eigenvalue weighted by atomic mass is 19.1. The summed E-state index contributed by atoms with van der Waals surface area (Å²) in [6.07, 6.45) is 1.37. The van der Waals surface area contributed by atoms with E-state index in [-0.39, 0.29) is 23.8 Å². The number of benzene rings is 2. The topological polar surface area (TPSA) is 80.3 Å². The Balaban J connectivity index is 1.51. The molecule has 0 radical (unpaired) electrons. The van der Waals surface area contributed by atoms with Gasteiger partial charge in [-0.05, 0) is 42.5 Å². The number of hydrogen-bond acceptors (Lipinski definition) is 4. The number of hydrogen-bond donors (Lipinski definition) is 2. The lowest BCUT2D eigenvalue weighted by Crippen LogP contribution is -2.33. The van der Waals surface area contributed by atoms with E-state index in [9.17, 15) is 18.4 Å². The molecule has 3 rings (SSSR count). The number of ether oxygens (including phenoxy) is 1. The average molecular weight is 383 g/mol. The average Bonchev–Trinajstić information content (AvgIpc) is 2.70. The number of amides is 2. The summed E-state index contributed by atoms with van der Waals surface area (Å²) in [5.41, 5.74) is 0.246. The monoisotopic (exact) mass is 383 g/mol. The van der Waals surface area contributed by atoms with Crippen LogP contribution in [0.2, 0.25) is 0 Å². The minimum Gasteiger partial charge on any atom is -0.439 e. The first-order valence-corrected chi connectivity index (χ1v) is 8.23. The minimum atomic E-state index is -0.686. The van der Waals surface area contributed by atoms with E-state index >= 15 is 0 Å². The molecule has 0 bridgehead atoms. The summed E-state index contributed by atoms with van der Waals surface area (Å²) < 4.78 is 31.8. The molecular formula is C20H15F2N3O3. The van der Waals surface area contributed by atoms with Crippen LogP contribution in [0.1, 0.15) is 10.4 Å². The zero-order valence-electron chi connectivity index (χ0n) is 14.5. The molecule has 2 aromatic carbocycles. The molecule has 2 N–H and O–H groups in total. The second-order valence-corrected chi connectivity index (χ2v) is 5.65. The Labute approximate surface area is 159 Å². The van der Waals surface area contributed by atoms with Crippen LogP contribution in [0.5, 0.6) is 11.6 Å². The van der Waals surface area contributed by atoms with Gasteiger partial charge in [-0.1, -0.05) is 12.1 Å². The van der Waals surface area contributed by atoms with Crippen molar-refractivity contribution in [3.05, 3.63) is 84.1 Å². The summed E-state index contributed by atoms with van der Waals surface area (Å²) in [7, 11) is 0. The Kier molecular flexibility index (Phi) is 5.91. The van der Waals surface area contributed by atoms with Crippen LogP contribution in [0.4, 0.5) is 14.5 Å². The largest absolute Gasteiger partial charge is 0.439 e. The van der Waals surface area contributed by atoms with E-state index in [0.29, 0.717) is 11.4 Å². The molecule has 28 heavy (non-hydrogen) atoms. The molecule has 0 atom stereocenters. The summed E-state index contributed by atoms with van der Waals surface area (Å²) in [4.78, 5) is 27.8. The highest BCUT2D eigenvalue weighted by Crippen LogP contribution is 2.20. The van der Waals surface area contributed by atoms with Crippen molar-refractivity contribution in [2.75, 3.05) is 11.9 Å². The van der Waals surface area contributed by atoms with E-state index in [0.717, 1.165) is 6.07 Å². The van der Waals surface area contributed by atoms with Crippen molar-refractivity contribution in [3.63, 3.8) is 0 Å². The SMILES string of the molecule is O=C(CNC(=O)c1ccccc1F)Nc1ccc(Oc2ccc(F)cc2)nc1. The predicted octanol–water partition coefficient (Wildman–Crippen LogP) is 3.52. The van der Waals surface area contributed by atoms with Gasteiger partial charge in [0.15, 0.2) is 0 Å². The van der Waals surface area contributed by atoms with Crippen molar-refractivity contribution in [2.24, 2.45) is 0 Å². The molecule has 2 amide bonds. The van der Waals surface area contributed by atoms with Gasteiger partial charge in [0, 0.05) is 6.07 Å². The Morgan fingerprint density at radius 1 is 0.964 bits per heavy atom. The summed E-state index contributed by atoms with van der Waals surface area (Å²) in [5.74, 6) is -1.55. The fourth-order valence-corrected chi connectivity index (χ4v) is 2.24. The molecule has 0 saturated carbocycles. The van der Waals surface area contributed by atoms with E-state index in [2.05, 4.69) is 15.6 Å². The number of rotatable bonds is 6. The van der Waals surface area contributed by atoms with Crippen molar-refractivity contribution in [1.82, 2.24) is 10.3 Å². The highest BCUT2D eigenvalue weighted by Gasteiger charge is 2.12. The van der Waals surface area contributed by atoms with E-state index in [1.165, 1.54) is 54.7 Å². The van der Waals surface area contributed by atoms with Crippen LogP contribution in [-0.4, -0.2) is 23.3 Å². The Morgan fingerprint density at radius 2 is 1.71 bits per heavy atom. The molecule has 1 aromatic heterocycles. The molecule has 142 valence electrons. The molecule has 1 heterocycles. The van der Waals surface area contributed by atoms with Gasteiger partial charge < -0.3 is 15.4 Å². The van der Waals surface area contributed by atoms with Crippen molar-refractivity contribution in [2.45, 2.75) is 0 Å². The summed E-state index contributed by atoms with van der Waals surface area (Å²) in [6, 6.07) is 14.0. The second-order valence-electron chi connectivity index (χ2n) is 5.65. The Morgan fingerprint density at radius 3 is 2.39 bits per heavy atom. The van der Waals surface area contributed by atoms with Crippen molar-refractivity contribution < 1.29 is 23.1 Å². The van der Waals surface area contributed by atoms with Gasteiger partial charge in [-0.2, -0.15) is 0 Å². The molecule has 0 saturated heterocycles. The van der Waals surface area contributed by atoms with Gasteiger partial charge in [0.25, 0.3) is 5.91 Å². The standard InChI is InChI=1S/C20H15F2N3O3/c21-13-5-8-15(9-6-13)28-19-10-7-14(11-23-19)25-18(26)12-24-20(27)16-3-1-2-4-17(16)22/h1-11H,12H2,(H,24,27)(H,25,26). The van der Waals surface area contributed by atoms with Gasteiger partial charge in [-0.25, -0.2) is 13.8 Å². The van der Waals surface area contributed by atoms with Crippen LogP contribution in [0.3, 0.4) is 0 Å². The number of nitrogens with zero attached hydrogens (tertiary/aromatic N) is 1. The molecule has 0 aliphatic carbocycles. The lowest BCUT2D eigenvalue weighted by atomic mass is 10.2. The third-order valence-corrected chi connectivity index (χ3v) is 3.58. The molecule has 3 aromatic rings.